The normalized spacial score (nSPS) is 20.6. The van der Waals surface area contributed by atoms with Gasteiger partial charge in [0.05, 0.1) is 34.2 Å². The molecule has 0 fully saturated rings. The zero-order valence-corrected chi connectivity index (χ0v) is 32.3. The molecule has 262 valence electrons. The number of nitrogens with one attached hydrogen (secondary N) is 6. The number of pyridine rings is 3. The maximum absolute atomic E-state index is 5.73. The monoisotopic (exact) mass is 781 g/mol. The van der Waals surface area contributed by atoms with Crippen LogP contribution in [0, 0.1) is 0 Å². The van der Waals surface area contributed by atoms with Gasteiger partial charge in [-0.1, -0.05) is 91.5 Å². The van der Waals surface area contributed by atoms with E-state index < -0.39 is 0 Å². The van der Waals surface area contributed by atoms with Crippen molar-refractivity contribution in [1.29, 1.82) is 0 Å². The van der Waals surface area contributed by atoms with Gasteiger partial charge in [0, 0.05) is 78.5 Å². The average Bonchev–Trinajstić information content (AvgIpc) is 3.13. The van der Waals surface area contributed by atoms with E-state index in [0.29, 0.717) is 143 Å². The van der Waals surface area contributed by atoms with Gasteiger partial charge in [-0.15, -0.1) is 0 Å². The van der Waals surface area contributed by atoms with Crippen molar-refractivity contribution >= 4 is 103 Å². The van der Waals surface area contributed by atoms with Gasteiger partial charge in [-0.3, -0.25) is 9.80 Å². The maximum Gasteiger partial charge on any atom is 0.125 e. The van der Waals surface area contributed by atoms with Crippen LogP contribution in [-0.4, -0.2) is 133 Å². The van der Waals surface area contributed by atoms with Crippen LogP contribution in [0.5, 0.6) is 0 Å². The SMILES string of the molecule is S=C1NCCN2CCNC(=S)c3cccc(n3)C(=S)NCCN(CCNC(=S)c3cccc1n3)CCNC(=S)c1cccc(n1)C(=S)NCC2. The first-order chi connectivity index (χ1) is 24.3. The number of hydrogen-bond acceptors (Lipinski definition) is 11. The van der Waals surface area contributed by atoms with Crippen LogP contribution in [-0.2, 0) is 0 Å². The van der Waals surface area contributed by atoms with E-state index in [4.69, 9.17) is 88.3 Å². The maximum atomic E-state index is 5.73. The minimum absolute atomic E-state index is 0.566. The van der Waals surface area contributed by atoms with E-state index in [1.165, 1.54) is 0 Å². The fourth-order valence-corrected chi connectivity index (χ4v) is 6.54. The van der Waals surface area contributed by atoms with Crippen molar-refractivity contribution in [1.82, 2.24) is 56.7 Å². The van der Waals surface area contributed by atoms with Crippen molar-refractivity contribution in [2.75, 3.05) is 78.5 Å². The molecule has 3 aromatic heterocycles. The molecule has 0 radical (unpaired) electrons. The Balaban J connectivity index is 1.43. The Morgan fingerprint density at radius 2 is 0.520 bits per heavy atom. The van der Waals surface area contributed by atoms with Gasteiger partial charge < -0.3 is 31.9 Å². The van der Waals surface area contributed by atoms with Crippen LogP contribution in [0.1, 0.15) is 34.2 Å². The number of nitrogens with zero attached hydrogens (tertiary/aromatic N) is 5. The lowest BCUT2D eigenvalue weighted by atomic mass is 10.2. The molecule has 0 saturated carbocycles. The van der Waals surface area contributed by atoms with E-state index in [1.54, 1.807) is 0 Å². The van der Waals surface area contributed by atoms with E-state index in [2.05, 4.69) is 41.7 Å². The lowest BCUT2D eigenvalue weighted by Crippen LogP contribution is -2.43. The largest absolute Gasteiger partial charge is 0.373 e. The third-order valence-corrected chi connectivity index (χ3v) is 10.0. The fourth-order valence-electron chi connectivity index (χ4n) is 5.24. The zero-order valence-electron chi connectivity index (χ0n) is 27.4. The number of fused-ring (bicyclic) bond motifs is 18. The minimum Gasteiger partial charge on any atom is -0.373 e. The molecule has 3 aliphatic rings. The molecular formula is C33H39N11S6. The minimum atomic E-state index is 0.566. The molecule has 6 rings (SSSR count). The van der Waals surface area contributed by atoms with Crippen molar-refractivity contribution in [3.8, 4) is 0 Å². The third-order valence-electron chi connectivity index (χ3n) is 7.92. The Hall–Kier alpha value is -3.29. The summed E-state index contributed by atoms with van der Waals surface area (Å²) in [5, 5.41) is 20.2. The van der Waals surface area contributed by atoms with E-state index in [1.807, 2.05) is 54.6 Å². The summed E-state index contributed by atoms with van der Waals surface area (Å²) in [7, 11) is 0. The van der Waals surface area contributed by atoms with Crippen molar-refractivity contribution < 1.29 is 0 Å². The van der Waals surface area contributed by atoms with E-state index in [9.17, 15) is 0 Å². The van der Waals surface area contributed by atoms with Gasteiger partial charge in [0.2, 0.25) is 0 Å². The van der Waals surface area contributed by atoms with Gasteiger partial charge in [0.1, 0.15) is 29.9 Å². The van der Waals surface area contributed by atoms with E-state index >= 15 is 0 Å². The highest BCUT2D eigenvalue weighted by molar-refractivity contribution is 7.81. The highest BCUT2D eigenvalue weighted by atomic mass is 32.1. The molecule has 17 heteroatoms. The topological polar surface area (TPSA) is 117 Å². The number of thiocarbonyl (C=S) groups is 6. The zero-order chi connectivity index (χ0) is 35.3. The molecule has 6 heterocycles. The summed E-state index contributed by atoms with van der Waals surface area (Å²) in [5.41, 5.74) is 4.04. The van der Waals surface area contributed by atoms with Crippen LogP contribution >= 0.6 is 73.3 Å². The molecule has 50 heavy (non-hydrogen) atoms. The fraction of sp³-hybridized carbons (Fsp3) is 0.364. The van der Waals surface area contributed by atoms with Gasteiger partial charge in [-0.25, -0.2) is 15.0 Å². The van der Waals surface area contributed by atoms with E-state index in [-0.39, 0.29) is 0 Å². The Morgan fingerprint density at radius 1 is 0.340 bits per heavy atom. The van der Waals surface area contributed by atoms with Crippen molar-refractivity contribution in [3.63, 3.8) is 0 Å². The summed E-state index contributed by atoms with van der Waals surface area (Å²) in [5.74, 6) is 0. The van der Waals surface area contributed by atoms with Crippen molar-refractivity contribution in [3.05, 3.63) is 88.8 Å². The molecule has 6 N–H and O–H groups in total. The number of rotatable bonds is 0. The highest BCUT2D eigenvalue weighted by Crippen LogP contribution is 2.05. The summed E-state index contributed by atoms with van der Waals surface area (Å²) >= 11 is 34.4. The molecule has 0 atom stereocenters. The summed E-state index contributed by atoms with van der Waals surface area (Å²) in [6.45, 7) is 7.92. The Labute approximate surface area is 325 Å². The molecule has 0 unspecified atom stereocenters. The molecular weight excluding hydrogens is 743 g/mol. The smallest absolute Gasteiger partial charge is 0.125 e. The number of hydrogen-bond donors (Lipinski definition) is 6. The standard InChI is InChI=1S/C33H39N11S6/c45-28-22-4-1-5-23(40-22)29(46)35-11-17-44-19-13-37-31(48)25-7-2-6-24(41-25)30(47)36-12-18-43(16-10-34-28)20-14-38-32(49)26-8-3-9-27(42-26)33(50)39-15-21-44/h1-9H,10-21H2,(H,34,45)(H,35,46)(H,36,47)(H,37,48)(H,38,49)(H,39,50). The second-order valence-electron chi connectivity index (χ2n) is 11.4. The molecule has 0 amide bonds. The first-order valence-electron chi connectivity index (χ1n) is 16.3. The van der Waals surface area contributed by atoms with Crippen LogP contribution in [0.15, 0.2) is 54.6 Å². The molecule has 0 aliphatic carbocycles. The lowest BCUT2D eigenvalue weighted by molar-refractivity contribution is 0.286. The van der Waals surface area contributed by atoms with Gasteiger partial charge in [-0.05, 0) is 36.4 Å². The summed E-state index contributed by atoms with van der Waals surface area (Å²) < 4.78 is 0. The first-order valence-corrected chi connectivity index (χ1v) is 18.8. The molecule has 3 aliphatic heterocycles. The summed E-state index contributed by atoms with van der Waals surface area (Å²) in [4.78, 5) is 22.3. The molecule has 0 spiro atoms. The molecule has 0 saturated heterocycles. The second-order valence-corrected chi connectivity index (χ2v) is 13.9. The average molecular weight is 782 g/mol. The van der Waals surface area contributed by atoms with E-state index in [0.717, 1.165) is 0 Å². The van der Waals surface area contributed by atoms with Gasteiger partial charge in [0.25, 0.3) is 0 Å². The van der Waals surface area contributed by atoms with Crippen LogP contribution < -0.4 is 31.9 Å². The van der Waals surface area contributed by atoms with Crippen molar-refractivity contribution in [2.24, 2.45) is 0 Å². The van der Waals surface area contributed by atoms with Gasteiger partial charge >= 0.3 is 0 Å². The molecule has 8 bridgehead atoms. The van der Waals surface area contributed by atoms with Gasteiger partial charge in [-0.2, -0.15) is 0 Å². The van der Waals surface area contributed by atoms with Crippen LogP contribution in [0.3, 0.4) is 0 Å². The Morgan fingerprint density at radius 3 is 0.700 bits per heavy atom. The first kappa shape index (κ1) is 38.0. The van der Waals surface area contributed by atoms with Gasteiger partial charge in [0.15, 0.2) is 0 Å². The van der Waals surface area contributed by atoms with Crippen LogP contribution in [0.4, 0.5) is 0 Å². The summed E-state index contributed by atoms with van der Waals surface area (Å²) in [6, 6.07) is 17.1. The molecule has 3 aromatic rings. The third kappa shape index (κ3) is 11.4. The number of aromatic nitrogens is 3. The predicted molar refractivity (Wildman–Crippen MR) is 224 cm³/mol. The second kappa shape index (κ2) is 19.4. The van der Waals surface area contributed by atoms with Crippen LogP contribution in [0.25, 0.3) is 0 Å². The lowest BCUT2D eigenvalue weighted by Gasteiger charge is -2.24. The quantitative estimate of drug-likeness (QED) is 0.185. The summed E-state index contributed by atoms with van der Waals surface area (Å²) in [6.07, 6.45) is 0. The highest BCUT2D eigenvalue weighted by Gasteiger charge is 2.15. The van der Waals surface area contributed by atoms with Crippen LogP contribution in [0.2, 0.25) is 0 Å². The molecule has 11 nitrogen and oxygen atoms in total. The predicted octanol–water partition coefficient (Wildman–Crippen LogP) is 1.49. The molecule has 0 aromatic carbocycles. The Bertz CT molecular complexity index is 1430. The van der Waals surface area contributed by atoms with Crippen molar-refractivity contribution in [2.45, 2.75) is 0 Å². The Kier molecular flexibility index (Phi) is 14.7.